The Labute approximate surface area is 434 Å². The van der Waals surface area contributed by atoms with Gasteiger partial charge in [0.1, 0.15) is 23.2 Å². The maximum absolute atomic E-state index is 13.2. The molecule has 1 unspecified atom stereocenters. The van der Waals surface area contributed by atoms with Gasteiger partial charge in [-0.1, -0.05) is 36.4 Å². The van der Waals surface area contributed by atoms with Crippen LogP contribution < -0.4 is 22.1 Å². The average molecular weight is 1020 g/mol. The number of nitrogens with two attached hydrogens (primary N) is 2. The Morgan fingerprint density at radius 3 is 2.13 bits per heavy atom. The number of nitrogens with zero attached hydrogens (tertiary/aromatic N) is 5. The van der Waals surface area contributed by atoms with E-state index < -0.39 is 29.7 Å². The molecule has 4 amide bonds. The van der Waals surface area contributed by atoms with Gasteiger partial charge in [-0.15, -0.1) is 0 Å². The van der Waals surface area contributed by atoms with Crippen molar-refractivity contribution < 1.29 is 47.7 Å². The molecule has 9 rings (SSSR count). The van der Waals surface area contributed by atoms with E-state index in [-0.39, 0.29) is 35.3 Å². The van der Waals surface area contributed by atoms with Gasteiger partial charge in [-0.3, -0.25) is 38.8 Å². The van der Waals surface area contributed by atoms with Crippen LogP contribution in [0.25, 0.3) is 39.5 Å². The summed E-state index contributed by atoms with van der Waals surface area (Å²) in [6.07, 6.45) is 7.20. The lowest BCUT2D eigenvalue weighted by Crippen LogP contribution is -2.54. The van der Waals surface area contributed by atoms with Crippen LogP contribution in [-0.4, -0.2) is 132 Å². The Bertz CT molecular complexity index is 3010. The van der Waals surface area contributed by atoms with E-state index in [1.165, 1.54) is 0 Å². The summed E-state index contributed by atoms with van der Waals surface area (Å²) in [5.74, 6) is -0.995. The van der Waals surface area contributed by atoms with Gasteiger partial charge in [0.25, 0.3) is 11.8 Å². The molecule has 1 saturated heterocycles. The Morgan fingerprint density at radius 2 is 1.44 bits per heavy atom. The number of carbonyl (C=O) groups is 5. The van der Waals surface area contributed by atoms with Crippen molar-refractivity contribution in [3.63, 3.8) is 0 Å². The molecule has 0 bridgehead atoms. The Balaban J connectivity index is 0.610. The van der Waals surface area contributed by atoms with Crippen molar-refractivity contribution in [1.29, 1.82) is 0 Å². The molecule has 19 heteroatoms. The highest BCUT2D eigenvalue weighted by atomic mass is 16.6. The SMILES string of the molecule is Nc1ncccc1-c1nc2ccc(-c3cccc(CCCC(=O)CCOCCOCCOCCOCCOCCNc4cccc5c4C(=O)N(C4CCC(=O)NC4=O)C5=O)c3)nc2n1-c1ccc(C2(N)CCC2)cc1. The molecule has 392 valence electrons. The molecule has 6 aromatic rings. The van der Waals surface area contributed by atoms with E-state index in [1.807, 2.05) is 41.0 Å². The summed E-state index contributed by atoms with van der Waals surface area (Å²) < 4.78 is 30.0. The summed E-state index contributed by atoms with van der Waals surface area (Å²) >= 11 is 0. The maximum atomic E-state index is 13.2. The number of nitrogens with one attached hydrogen (secondary N) is 2. The number of hydrogen-bond donors (Lipinski definition) is 4. The highest BCUT2D eigenvalue weighted by Crippen LogP contribution is 2.40. The van der Waals surface area contributed by atoms with E-state index in [9.17, 15) is 24.0 Å². The zero-order valence-electron chi connectivity index (χ0n) is 41.9. The number of aryl methyl sites for hydroxylation is 1. The van der Waals surface area contributed by atoms with Crippen LogP contribution in [0.4, 0.5) is 11.5 Å². The molecular weight excluding hydrogens is 959 g/mol. The zero-order chi connectivity index (χ0) is 52.2. The summed E-state index contributed by atoms with van der Waals surface area (Å²) in [5, 5.41) is 5.35. The number of imide groups is 2. The number of ether oxygens (including phenoxy) is 5. The highest BCUT2D eigenvalue weighted by Gasteiger charge is 2.45. The first-order chi connectivity index (χ1) is 36.6. The first-order valence-electron chi connectivity index (χ1n) is 25.7. The lowest BCUT2D eigenvalue weighted by atomic mass is 9.73. The molecule has 3 aromatic carbocycles. The first-order valence-corrected chi connectivity index (χ1v) is 25.7. The number of amides is 4. The second-order valence-electron chi connectivity index (χ2n) is 18.8. The van der Waals surface area contributed by atoms with E-state index in [0.717, 1.165) is 76.2 Å². The van der Waals surface area contributed by atoms with Crippen LogP contribution in [0.2, 0.25) is 0 Å². The lowest BCUT2D eigenvalue weighted by Gasteiger charge is -2.38. The molecule has 1 atom stereocenters. The molecular formula is C56H63N9O10. The number of ketones is 1. The van der Waals surface area contributed by atoms with Crippen LogP contribution in [0.3, 0.4) is 0 Å². The van der Waals surface area contributed by atoms with Crippen molar-refractivity contribution in [2.24, 2.45) is 5.73 Å². The molecule has 5 heterocycles. The largest absolute Gasteiger partial charge is 0.383 e. The predicted octanol–water partition coefficient (Wildman–Crippen LogP) is 5.95. The monoisotopic (exact) mass is 1020 g/mol. The van der Waals surface area contributed by atoms with Crippen molar-refractivity contribution in [3.05, 3.63) is 119 Å². The smallest absolute Gasteiger partial charge is 0.264 e. The third-order valence-electron chi connectivity index (χ3n) is 13.7. The fraction of sp³-hybridized carbons (Fsp3) is 0.393. The van der Waals surface area contributed by atoms with Gasteiger partial charge in [0, 0.05) is 54.5 Å². The minimum atomic E-state index is -1.02. The molecule has 1 aliphatic carbocycles. The highest BCUT2D eigenvalue weighted by molar-refractivity contribution is 6.25. The molecule has 2 fully saturated rings. The molecule has 75 heavy (non-hydrogen) atoms. The van der Waals surface area contributed by atoms with Gasteiger partial charge in [-0.25, -0.2) is 15.0 Å². The van der Waals surface area contributed by atoms with Crippen molar-refractivity contribution in [2.75, 3.05) is 83.7 Å². The number of anilines is 2. The fourth-order valence-electron chi connectivity index (χ4n) is 9.53. The Morgan fingerprint density at radius 1 is 0.747 bits per heavy atom. The number of nitrogen functional groups attached to an aromatic ring is 1. The van der Waals surface area contributed by atoms with Crippen molar-refractivity contribution in [3.8, 4) is 28.3 Å². The van der Waals surface area contributed by atoms with E-state index in [0.29, 0.717) is 108 Å². The zero-order valence-corrected chi connectivity index (χ0v) is 41.9. The number of benzene rings is 3. The minimum Gasteiger partial charge on any atom is -0.383 e. The van der Waals surface area contributed by atoms with Crippen LogP contribution in [0.5, 0.6) is 0 Å². The van der Waals surface area contributed by atoms with Crippen molar-refractivity contribution in [2.45, 2.75) is 69.4 Å². The number of aromatic nitrogens is 4. The standard InChI is InChI=1S/C56H63N9O10/c57-50-43(11-4-24-60-50)51-62-46-18-17-44(61-52(46)64(51)40-15-13-39(14-16-40)56(58)22-5-23-56)38-8-1-6-37(36-38)7-2-9-41(66)21-26-71-28-30-73-32-34-75-35-33-74-31-29-72-27-25-59-45-12-3-10-42-49(45)55(70)65(54(42)69)47-19-20-48(67)63-53(47)68/h1,3-4,6,8,10-18,24,36,47,59H,2,5,7,9,19-23,25-35,58H2,(H2,57,60)(H,63,67,68). The second-order valence-corrected chi connectivity index (χ2v) is 18.8. The quantitative estimate of drug-likeness (QED) is 0.0327. The van der Waals surface area contributed by atoms with Gasteiger partial charge in [0.2, 0.25) is 11.8 Å². The number of rotatable bonds is 28. The van der Waals surface area contributed by atoms with Crippen molar-refractivity contribution >= 4 is 52.1 Å². The van der Waals surface area contributed by atoms with Crippen LogP contribution in [-0.2, 0) is 50.0 Å². The molecule has 3 aliphatic rings. The number of piperidine rings is 1. The second kappa shape index (κ2) is 24.8. The third-order valence-corrected chi connectivity index (χ3v) is 13.7. The van der Waals surface area contributed by atoms with Gasteiger partial charge >= 0.3 is 0 Å². The third kappa shape index (κ3) is 12.6. The van der Waals surface area contributed by atoms with Crippen LogP contribution in [0.1, 0.15) is 83.2 Å². The van der Waals surface area contributed by atoms with Crippen LogP contribution in [0.15, 0.2) is 97.2 Å². The van der Waals surface area contributed by atoms with E-state index >= 15 is 0 Å². The van der Waals surface area contributed by atoms with Gasteiger partial charge < -0.3 is 40.5 Å². The number of imidazole rings is 1. The molecule has 19 nitrogen and oxygen atoms in total. The molecule has 2 aliphatic heterocycles. The number of fused-ring (bicyclic) bond motifs is 2. The number of Topliss-reactive ketones (excluding diaryl/α,β-unsaturated/α-hetero) is 1. The summed E-state index contributed by atoms with van der Waals surface area (Å²) in [6.45, 7) is 4.13. The lowest BCUT2D eigenvalue weighted by molar-refractivity contribution is -0.136. The molecule has 1 saturated carbocycles. The molecule has 6 N–H and O–H groups in total. The number of pyridine rings is 2. The molecule has 0 radical (unpaired) electrons. The maximum Gasteiger partial charge on any atom is 0.264 e. The van der Waals surface area contributed by atoms with Gasteiger partial charge in [0.05, 0.1) is 88.5 Å². The molecule has 3 aromatic heterocycles. The predicted molar refractivity (Wildman–Crippen MR) is 280 cm³/mol. The van der Waals surface area contributed by atoms with E-state index in [2.05, 4.69) is 52.0 Å². The molecule has 0 spiro atoms. The summed E-state index contributed by atoms with van der Waals surface area (Å²) in [7, 11) is 0. The van der Waals surface area contributed by atoms with Gasteiger partial charge in [0.15, 0.2) is 11.5 Å². The number of hydrogen-bond acceptors (Lipinski definition) is 16. The summed E-state index contributed by atoms with van der Waals surface area (Å²) in [5.41, 5.74) is 20.7. The van der Waals surface area contributed by atoms with Crippen LogP contribution >= 0.6 is 0 Å². The normalized spacial score (nSPS) is 16.1. The fourth-order valence-corrected chi connectivity index (χ4v) is 9.53. The topological polar surface area (TPSA) is 254 Å². The summed E-state index contributed by atoms with van der Waals surface area (Å²) in [6, 6.07) is 28.3. The van der Waals surface area contributed by atoms with Crippen LogP contribution in [0, 0.1) is 0 Å². The number of carbonyl (C=O) groups excluding carboxylic acids is 5. The Hall–Kier alpha value is -7.26. The first kappa shape index (κ1) is 52.6. The van der Waals surface area contributed by atoms with Crippen molar-refractivity contribution in [1.82, 2.24) is 29.7 Å². The van der Waals surface area contributed by atoms with E-state index in [4.69, 9.17) is 45.1 Å². The minimum absolute atomic E-state index is 0.0567. The Kier molecular flexibility index (Phi) is 17.4. The van der Waals surface area contributed by atoms with Gasteiger partial charge in [-0.2, -0.15) is 0 Å². The summed E-state index contributed by atoms with van der Waals surface area (Å²) in [4.78, 5) is 78.4. The van der Waals surface area contributed by atoms with Gasteiger partial charge in [-0.05, 0) is 104 Å². The van der Waals surface area contributed by atoms with E-state index in [1.54, 1.807) is 24.4 Å². The average Bonchev–Trinajstić information content (AvgIpc) is 3.91.